The van der Waals surface area contributed by atoms with Gasteiger partial charge in [0.05, 0.1) is 0 Å². The third-order valence-corrected chi connectivity index (χ3v) is 4.54. The Hall–Kier alpha value is -0.0800. The van der Waals surface area contributed by atoms with E-state index in [1.807, 2.05) is 0 Å². The number of likely N-dealkylation sites (tertiary alicyclic amines) is 1. The molecule has 16 heavy (non-hydrogen) atoms. The van der Waals surface area contributed by atoms with Crippen LogP contribution in [-0.4, -0.2) is 30.6 Å². The Morgan fingerprint density at radius 3 is 2.62 bits per heavy atom. The first-order chi connectivity index (χ1) is 7.79. The summed E-state index contributed by atoms with van der Waals surface area (Å²) in [5, 5.41) is 0. The molecule has 0 radical (unpaired) electrons. The third kappa shape index (κ3) is 3.21. The summed E-state index contributed by atoms with van der Waals surface area (Å²) >= 11 is 0. The van der Waals surface area contributed by atoms with Crippen molar-refractivity contribution in [1.82, 2.24) is 4.90 Å². The third-order valence-electron chi connectivity index (χ3n) is 4.54. The van der Waals surface area contributed by atoms with Gasteiger partial charge in [0.15, 0.2) is 0 Å². The highest BCUT2D eigenvalue weighted by molar-refractivity contribution is 4.85. The number of nitrogens with zero attached hydrogens (tertiary/aromatic N) is 1. The summed E-state index contributed by atoms with van der Waals surface area (Å²) in [6.07, 6.45) is 9.61. The van der Waals surface area contributed by atoms with Crippen LogP contribution in [0.5, 0.6) is 0 Å². The quantitative estimate of drug-likeness (QED) is 0.795. The van der Waals surface area contributed by atoms with E-state index in [1.165, 1.54) is 64.6 Å². The lowest BCUT2D eigenvalue weighted by Gasteiger charge is -2.36. The van der Waals surface area contributed by atoms with Crippen LogP contribution in [0.2, 0.25) is 0 Å². The summed E-state index contributed by atoms with van der Waals surface area (Å²) in [6.45, 7) is 6.23. The minimum Gasteiger partial charge on any atom is -0.327 e. The van der Waals surface area contributed by atoms with Crippen LogP contribution >= 0.6 is 0 Å². The van der Waals surface area contributed by atoms with Gasteiger partial charge in [-0.1, -0.05) is 19.8 Å². The molecule has 0 amide bonds. The predicted molar refractivity (Wildman–Crippen MR) is 69.4 cm³/mol. The maximum Gasteiger partial charge on any atom is 0.00795 e. The molecule has 3 atom stereocenters. The fourth-order valence-corrected chi connectivity index (χ4v) is 3.56. The second-order valence-corrected chi connectivity index (χ2v) is 5.90. The van der Waals surface area contributed by atoms with Crippen molar-refractivity contribution in [3.05, 3.63) is 0 Å². The summed E-state index contributed by atoms with van der Waals surface area (Å²) in [7, 11) is 0. The molecule has 2 N–H and O–H groups in total. The topological polar surface area (TPSA) is 29.3 Å². The largest absolute Gasteiger partial charge is 0.327 e. The van der Waals surface area contributed by atoms with Crippen LogP contribution in [0, 0.1) is 11.8 Å². The molecule has 1 heterocycles. The molecule has 0 bridgehead atoms. The first kappa shape index (κ1) is 12.4. The molecule has 2 nitrogen and oxygen atoms in total. The van der Waals surface area contributed by atoms with Crippen molar-refractivity contribution in [2.45, 2.75) is 57.9 Å². The molecule has 1 saturated heterocycles. The van der Waals surface area contributed by atoms with Crippen LogP contribution in [0.3, 0.4) is 0 Å². The van der Waals surface area contributed by atoms with Crippen molar-refractivity contribution in [3.8, 4) is 0 Å². The molecule has 0 aromatic rings. The van der Waals surface area contributed by atoms with Gasteiger partial charge in [-0.15, -0.1) is 0 Å². The Morgan fingerprint density at radius 2 is 1.94 bits per heavy atom. The summed E-state index contributed by atoms with van der Waals surface area (Å²) in [4.78, 5) is 2.64. The van der Waals surface area contributed by atoms with Crippen molar-refractivity contribution < 1.29 is 0 Å². The van der Waals surface area contributed by atoms with E-state index in [0.717, 1.165) is 11.8 Å². The van der Waals surface area contributed by atoms with E-state index in [-0.39, 0.29) is 0 Å². The smallest absolute Gasteiger partial charge is 0.00795 e. The van der Waals surface area contributed by atoms with E-state index >= 15 is 0 Å². The van der Waals surface area contributed by atoms with Gasteiger partial charge in [0, 0.05) is 12.6 Å². The maximum absolute atomic E-state index is 6.29. The van der Waals surface area contributed by atoms with Gasteiger partial charge < -0.3 is 10.6 Å². The first-order valence-corrected chi connectivity index (χ1v) is 7.27. The molecule has 2 rings (SSSR count). The minimum atomic E-state index is 0.480. The molecule has 0 spiro atoms. The standard InChI is InChI=1S/C14H28N2/c1-2-5-12-6-7-14(15)13(10-12)11-16-8-3-4-9-16/h12-14H,2-11,15H2,1H3. The van der Waals surface area contributed by atoms with Crippen molar-refractivity contribution in [2.24, 2.45) is 17.6 Å². The van der Waals surface area contributed by atoms with Gasteiger partial charge in [0.1, 0.15) is 0 Å². The second kappa shape index (κ2) is 6.02. The fourth-order valence-electron chi connectivity index (χ4n) is 3.56. The van der Waals surface area contributed by atoms with E-state index < -0.39 is 0 Å². The minimum absolute atomic E-state index is 0.480. The van der Waals surface area contributed by atoms with E-state index in [1.54, 1.807) is 0 Å². The highest BCUT2D eigenvalue weighted by Gasteiger charge is 2.29. The van der Waals surface area contributed by atoms with E-state index in [9.17, 15) is 0 Å². The highest BCUT2D eigenvalue weighted by Crippen LogP contribution is 2.32. The summed E-state index contributed by atoms with van der Waals surface area (Å²) in [5.41, 5.74) is 6.29. The van der Waals surface area contributed by atoms with Crippen LogP contribution < -0.4 is 5.73 Å². The molecule has 2 heteroatoms. The van der Waals surface area contributed by atoms with E-state index in [0.29, 0.717) is 6.04 Å². The summed E-state index contributed by atoms with van der Waals surface area (Å²) < 4.78 is 0. The van der Waals surface area contributed by atoms with Gasteiger partial charge in [-0.05, 0) is 57.0 Å². The van der Waals surface area contributed by atoms with Gasteiger partial charge in [0.2, 0.25) is 0 Å². The molecule has 1 aliphatic heterocycles. The van der Waals surface area contributed by atoms with Gasteiger partial charge in [-0.2, -0.15) is 0 Å². The van der Waals surface area contributed by atoms with Crippen molar-refractivity contribution in [2.75, 3.05) is 19.6 Å². The van der Waals surface area contributed by atoms with Crippen molar-refractivity contribution in [1.29, 1.82) is 0 Å². The van der Waals surface area contributed by atoms with Crippen LogP contribution in [0.1, 0.15) is 51.9 Å². The maximum atomic E-state index is 6.29. The molecular weight excluding hydrogens is 196 g/mol. The normalized spacial score (nSPS) is 36.8. The Labute approximate surface area is 101 Å². The Balaban J connectivity index is 1.80. The summed E-state index contributed by atoms with van der Waals surface area (Å²) in [5.74, 6) is 1.75. The molecule has 0 aromatic heterocycles. The van der Waals surface area contributed by atoms with E-state index in [4.69, 9.17) is 5.73 Å². The molecule has 2 fully saturated rings. The molecular formula is C14H28N2. The predicted octanol–water partition coefficient (Wildman–Crippen LogP) is 2.63. The van der Waals surface area contributed by atoms with E-state index in [2.05, 4.69) is 11.8 Å². The van der Waals surface area contributed by atoms with Gasteiger partial charge in [0.25, 0.3) is 0 Å². The lowest BCUT2D eigenvalue weighted by Crippen LogP contribution is -2.42. The van der Waals surface area contributed by atoms with Crippen molar-refractivity contribution in [3.63, 3.8) is 0 Å². The summed E-state index contributed by atoms with van der Waals surface area (Å²) in [6, 6.07) is 0.480. The van der Waals surface area contributed by atoms with Crippen LogP contribution in [-0.2, 0) is 0 Å². The molecule has 1 aliphatic carbocycles. The molecule has 1 saturated carbocycles. The zero-order chi connectivity index (χ0) is 11.4. The Morgan fingerprint density at radius 1 is 1.19 bits per heavy atom. The number of hydrogen-bond donors (Lipinski definition) is 1. The zero-order valence-corrected chi connectivity index (χ0v) is 10.8. The average Bonchev–Trinajstić information content (AvgIpc) is 2.76. The monoisotopic (exact) mass is 224 g/mol. The van der Waals surface area contributed by atoms with Crippen LogP contribution in [0.15, 0.2) is 0 Å². The van der Waals surface area contributed by atoms with Gasteiger partial charge in [-0.25, -0.2) is 0 Å². The van der Waals surface area contributed by atoms with Gasteiger partial charge in [-0.3, -0.25) is 0 Å². The molecule has 2 aliphatic rings. The number of nitrogens with two attached hydrogens (primary N) is 1. The van der Waals surface area contributed by atoms with Gasteiger partial charge >= 0.3 is 0 Å². The number of hydrogen-bond acceptors (Lipinski definition) is 2. The SMILES string of the molecule is CCCC1CCC(N)C(CN2CCCC2)C1. The lowest BCUT2D eigenvalue weighted by molar-refractivity contribution is 0.168. The van der Waals surface area contributed by atoms with Crippen LogP contribution in [0.25, 0.3) is 0 Å². The van der Waals surface area contributed by atoms with Crippen molar-refractivity contribution >= 4 is 0 Å². The molecule has 0 aromatic carbocycles. The fraction of sp³-hybridized carbons (Fsp3) is 1.00. The zero-order valence-electron chi connectivity index (χ0n) is 10.8. The van der Waals surface area contributed by atoms with Crippen LogP contribution in [0.4, 0.5) is 0 Å². The molecule has 3 unspecified atom stereocenters. The second-order valence-electron chi connectivity index (χ2n) is 5.90. The molecule has 94 valence electrons. The number of rotatable bonds is 4. The Bertz CT molecular complexity index is 199. The Kier molecular flexibility index (Phi) is 4.66. The highest BCUT2D eigenvalue weighted by atomic mass is 15.1. The average molecular weight is 224 g/mol. The first-order valence-electron chi connectivity index (χ1n) is 7.27. The lowest BCUT2D eigenvalue weighted by atomic mass is 9.76.